The minimum absolute atomic E-state index is 0.202. The molecule has 1 atom stereocenters. The van der Waals surface area contributed by atoms with Gasteiger partial charge in [0.05, 0.1) is 19.7 Å². The fourth-order valence-corrected chi connectivity index (χ4v) is 2.32. The van der Waals surface area contributed by atoms with Crippen LogP contribution >= 0.6 is 0 Å². The highest BCUT2D eigenvalue weighted by Crippen LogP contribution is 2.35. The summed E-state index contributed by atoms with van der Waals surface area (Å²) in [5.41, 5.74) is 2.02. The molecule has 1 aliphatic rings. The molecule has 0 radical (unpaired) electrons. The number of ether oxygens (including phenoxy) is 3. The quantitative estimate of drug-likeness (QED) is 0.815. The first-order valence-corrected chi connectivity index (χ1v) is 5.93. The number of hydrogen-bond donors (Lipinski definition) is 0. The van der Waals surface area contributed by atoms with Crippen LogP contribution in [0.3, 0.4) is 0 Å². The van der Waals surface area contributed by atoms with Gasteiger partial charge in [-0.15, -0.1) is 0 Å². The third kappa shape index (κ3) is 1.65. The maximum atomic E-state index is 5.66. The zero-order chi connectivity index (χ0) is 12.7. The van der Waals surface area contributed by atoms with Crippen molar-refractivity contribution < 1.29 is 14.2 Å². The molecule has 0 amide bonds. The van der Waals surface area contributed by atoms with Crippen LogP contribution in [0.15, 0.2) is 18.2 Å². The topological polar surface area (TPSA) is 40.6 Å². The van der Waals surface area contributed by atoms with Crippen LogP contribution < -0.4 is 14.2 Å². The van der Waals surface area contributed by atoms with Gasteiger partial charge in [0, 0.05) is 23.4 Å². The van der Waals surface area contributed by atoms with Crippen LogP contribution in [0.4, 0.5) is 0 Å². The van der Waals surface area contributed by atoms with Crippen molar-refractivity contribution in [3.05, 3.63) is 23.8 Å². The highest BCUT2D eigenvalue weighted by molar-refractivity contribution is 5.84. The minimum atomic E-state index is 0.202. The largest absolute Gasteiger partial charge is 0.493 e. The van der Waals surface area contributed by atoms with Gasteiger partial charge >= 0.3 is 0 Å². The summed E-state index contributed by atoms with van der Waals surface area (Å²) in [6.45, 7) is 2.05. The standard InChI is InChI=1S/C14H15NO3/c1-8-4-10-5-9-6-12(16-2)13(17-3)7-11(9)15-14(10)18-8/h5-8H,4H2,1-3H3. The smallest absolute Gasteiger partial charge is 0.217 e. The Labute approximate surface area is 105 Å². The van der Waals surface area contributed by atoms with E-state index in [-0.39, 0.29) is 6.10 Å². The second-order valence-corrected chi connectivity index (χ2v) is 4.49. The fourth-order valence-electron chi connectivity index (χ4n) is 2.32. The van der Waals surface area contributed by atoms with Gasteiger partial charge in [0.2, 0.25) is 5.88 Å². The molecule has 1 unspecified atom stereocenters. The lowest BCUT2D eigenvalue weighted by Gasteiger charge is -2.09. The summed E-state index contributed by atoms with van der Waals surface area (Å²) >= 11 is 0. The molecule has 4 heteroatoms. The molecule has 0 bridgehead atoms. The van der Waals surface area contributed by atoms with Crippen LogP contribution in [0.1, 0.15) is 12.5 Å². The maximum absolute atomic E-state index is 5.66. The zero-order valence-corrected chi connectivity index (χ0v) is 10.7. The van der Waals surface area contributed by atoms with Gasteiger partial charge in [-0.1, -0.05) is 0 Å². The third-order valence-electron chi connectivity index (χ3n) is 3.18. The molecule has 94 valence electrons. The summed E-state index contributed by atoms with van der Waals surface area (Å²) in [6, 6.07) is 5.94. The van der Waals surface area contributed by atoms with Gasteiger partial charge in [0.15, 0.2) is 11.5 Å². The SMILES string of the molecule is COc1cc2cc3c(nc2cc1OC)OC(C)C3. The minimum Gasteiger partial charge on any atom is -0.493 e. The molecule has 0 saturated carbocycles. The Morgan fingerprint density at radius 3 is 2.61 bits per heavy atom. The van der Waals surface area contributed by atoms with E-state index in [0.29, 0.717) is 5.75 Å². The molecule has 0 aliphatic carbocycles. The predicted octanol–water partition coefficient (Wildman–Crippen LogP) is 2.58. The van der Waals surface area contributed by atoms with Crippen LogP contribution in [-0.2, 0) is 6.42 Å². The first kappa shape index (κ1) is 11.1. The molecule has 1 aromatic carbocycles. The monoisotopic (exact) mass is 245 g/mol. The van der Waals surface area contributed by atoms with Crippen LogP contribution in [0, 0.1) is 0 Å². The average Bonchev–Trinajstić information content (AvgIpc) is 2.73. The number of pyridine rings is 1. The number of nitrogens with zero attached hydrogens (tertiary/aromatic N) is 1. The molecule has 0 saturated heterocycles. The Bertz CT molecular complexity index is 557. The van der Waals surface area contributed by atoms with Crippen molar-refractivity contribution >= 4 is 10.9 Å². The lowest BCUT2D eigenvalue weighted by molar-refractivity contribution is 0.247. The molecule has 0 spiro atoms. The lowest BCUT2D eigenvalue weighted by Crippen LogP contribution is -2.05. The highest BCUT2D eigenvalue weighted by atomic mass is 16.5. The summed E-state index contributed by atoms with van der Waals surface area (Å²) in [5.74, 6) is 2.14. The van der Waals surface area contributed by atoms with Gasteiger partial charge in [-0.3, -0.25) is 0 Å². The molecule has 1 aliphatic heterocycles. The number of rotatable bonds is 2. The Hall–Kier alpha value is -1.97. The van der Waals surface area contributed by atoms with Crippen molar-refractivity contribution in [2.24, 2.45) is 0 Å². The van der Waals surface area contributed by atoms with Gasteiger partial charge in [-0.05, 0) is 19.1 Å². The lowest BCUT2D eigenvalue weighted by atomic mass is 10.1. The Kier molecular flexibility index (Phi) is 2.51. The van der Waals surface area contributed by atoms with E-state index < -0.39 is 0 Å². The summed E-state index contributed by atoms with van der Waals surface area (Å²) in [5, 5.41) is 1.05. The zero-order valence-electron chi connectivity index (χ0n) is 10.7. The van der Waals surface area contributed by atoms with Gasteiger partial charge in [-0.2, -0.15) is 0 Å². The van der Waals surface area contributed by atoms with Gasteiger partial charge in [0.1, 0.15) is 6.10 Å². The summed E-state index contributed by atoms with van der Waals surface area (Å²) in [6.07, 6.45) is 1.11. The summed E-state index contributed by atoms with van der Waals surface area (Å²) < 4.78 is 16.2. The summed E-state index contributed by atoms with van der Waals surface area (Å²) in [4.78, 5) is 4.53. The van der Waals surface area contributed by atoms with Crippen molar-refractivity contribution in [3.63, 3.8) is 0 Å². The van der Waals surface area contributed by atoms with E-state index in [1.165, 1.54) is 0 Å². The van der Waals surface area contributed by atoms with Crippen LogP contribution in [0.2, 0.25) is 0 Å². The second-order valence-electron chi connectivity index (χ2n) is 4.49. The number of benzene rings is 1. The molecule has 2 heterocycles. The number of fused-ring (bicyclic) bond motifs is 2. The van der Waals surface area contributed by atoms with E-state index in [9.17, 15) is 0 Å². The van der Waals surface area contributed by atoms with Gasteiger partial charge in [0.25, 0.3) is 0 Å². The Morgan fingerprint density at radius 1 is 1.17 bits per heavy atom. The highest BCUT2D eigenvalue weighted by Gasteiger charge is 2.21. The number of aromatic nitrogens is 1. The molecule has 2 aromatic rings. The first-order valence-electron chi connectivity index (χ1n) is 5.93. The maximum Gasteiger partial charge on any atom is 0.217 e. The predicted molar refractivity (Wildman–Crippen MR) is 68.6 cm³/mol. The van der Waals surface area contributed by atoms with Gasteiger partial charge < -0.3 is 14.2 Å². The van der Waals surface area contributed by atoms with Crippen molar-refractivity contribution in [2.75, 3.05) is 14.2 Å². The molecular weight excluding hydrogens is 230 g/mol. The molecule has 18 heavy (non-hydrogen) atoms. The first-order chi connectivity index (χ1) is 8.71. The Morgan fingerprint density at radius 2 is 1.89 bits per heavy atom. The van der Waals surface area contributed by atoms with E-state index >= 15 is 0 Å². The molecule has 0 N–H and O–H groups in total. The van der Waals surface area contributed by atoms with E-state index in [0.717, 1.165) is 34.5 Å². The normalized spacial score (nSPS) is 17.4. The van der Waals surface area contributed by atoms with E-state index in [2.05, 4.69) is 11.1 Å². The second kappa shape index (κ2) is 4.05. The van der Waals surface area contributed by atoms with Crippen molar-refractivity contribution in [2.45, 2.75) is 19.4 Å². The van der Waals surface area contributed by atoms with Crippen LogP contribution in [-0.4, -0.2) is 25.3 Å². The Balaban J connectivity index is 2.20. The fraction of sp³-hybridized carbons (Fsp3) is 0.357. The van der Waals surface area contributed by atoms with Crippen molar-refractivity contribution in [3.8, 4) is 17.4 Å². The van der Waals surface area contributed by atoms with E-state index in [4.69, 9.17) is 14.2 Å². The van der Waals surface area contributed by atoms with Crippen molar-refractivity contribution in [1.82, 2.24) is 4.98 Å². The number of hydrogen-bond acceptors (Lipinski definition) is 4. The van der Waals surface area contributed by atoms with E-state index in [1.807, 2.05) is 19.1 Å². The van der Waals surface area contributed by atoms with Crippen LogP contribution in [0.5, 0.6) is 17.4 Å². The summed E-state index contributed by atoms with van der Waals surface area (Å²) in [7, 11) is 3.26. The number of methoxy groups -OCH3 is 2. The molecule has 3 rings (SSSR count). The molecule has 4 nitrogen and oxygen atoms in total. The average molecular weight is 245 g/mol. The van der Waals surface area contributed by atoms with Gasteiger partial charge in [-0.25, -0.2) is 4.98 Å². The van der Waals surface area contributed by atoms with Crippen molar-refractivity contribution in [1.29, 1.82) is 0 Å². The van der Waals surface area contributed by atoms with E-state index in [1.54, 1.807) is 14.2 Å². The molecule has 1 aromatic heterocycles. The third-order valence-corrected chi connectivity index (χ3v) is 3.18. The molecule has 0 fully saturated rings. The molecular formula is C14H15NO3. The van der Waals surface area contributed by atoms with Crippen LogP contribution in [0.25, 0.3) is 10.9 Å².